The first kappa shape index (κ1) is 15.3. The molecule has 21 heavy (non-hydrogen) atoms. The van der Waals surface area contributed by atoms with Gasteiger partial charge in [0.2, 0.25) is 5.91 Å². The summed E-state index contributed by atoms with van der Waals surface area (Å²) in [7, 11) is 1.67. The van der Waals surface area contributed by atoms with E-state index >= 15 is 0 Å². The van der Waals surface area contributed by atoms with Crippen LogP contribution < -0.4 is 5.32 Å². The molecule has 2 aromatic carbocycles. The van der Waals surface area contributed by atoms with Gasteiger partial charge in [-0.2, -0.15) is 0 Å². The first-order valence-electron chi connectivity index (χ1n) is 7.01. The summed E-state index contributed by atoms with van der Waals surface area (Å²) in [6.45, 7) is 3.96. The minimum atomic E-state index is -0.448. The van der Waals surface area contributed by atoms with Crippen LogP contribution in [0.25, 0.3) is 0 Å². The van der Waals surface area contributed by atoms with Crippen LogP contribution in [0, 0.1) is 0 Å². The summed E-state index contributed by atoms with van der Waals surface area (Å²) >= 11 is 0. The summed E-state index contributed by atoms with van der Waals surface area (Å²) in [5.41, 5.74) is 2.31. The average molecular weight is 283 g/mol. The van der Waals surface area contributed by atoms with E-state index in [1.165, 1.54) is 0 Å². The number of hydrogen-bond donors (Lipinski definition) is 1. The molecule has 0 heterocycles. The number of methoxy groups -OCH3 is 1. The molecular weight excluding hydrogens is 262 g/mol. The average Bonchev–Trinajstić information content (AvgIpc) is 2.48. The van der Waals surface area contributed by atoms with Gasteiger partial charge in [0.15, 0.2) is 0 Å². The van der Waals surface area contributed by atoms with E-state index in [1.54, 1.807) is 7.11 Å². The number of anilines is 1. The zero-order chi connectivity index (χ0) is 15.3. The zero-order valence-electron chi connectivity index (χ0n) is 12.7. The van der Waals surface area contributed by atoms with E-state index in [1.807, 2.05) is 68.4 Å². The Hall–Kier alpha value is -2.13. The van der Waals surface area contributed by atoms with Crippen LogP contribution >= 0.6 is 0 Å². The van der Waals surface area contributed by atoms with Crippen molar-refractivity contribution in [3.63, 3.8) is 0 Å². The van der Waals surface area contributed by atoms with Crippen molar-refractivity contribution < 1.29 is 9.53 Å². The second-order valence-corrected chi connectivity index (χ2v) is 5.47. The van der Waals surface area contributed by atoms with Crippen molar-refractivity contribution in [2.24, 2.45) is 0 Å². The molecule has 1 amide bonds. The van der Waals surface area contributed by atoms with Crippen molar-refractivity contribution >= 4 is 11.6 Å². The third kappa shape index (κ3) is 3.92. The van der Waals surface area contributed by atoms with Crippen LogP contribution in [0.1, 0.15) is 25.0 Å². The second kappa shape index (κ2) is 6.55. The summed E-state index contributed by atoms with van der Waals surface area (Å²) in [4.78, 5) is 12.2. The van der Waals surface area contributed by atoms with Gasteiger partial charge in [-0.25, -0.2) is 0 Å². The lowest BCUT2D eigenvalue weighted by Gasteiger charge is -2.26. The minimum Gasteiger partial charge on any atom is -0.374 e. The zero-order valence-corrected chi connectivity index (χ0v) is 12.7. The van der Waals surface area contributed by atoms with Gasteiger partial charge < -0.3 is 10.1 Å². The van der Waals surface area contributed by atoms with Crippen LogP contribution in [-0.2, 0) is 21.6 Å². The molecular formula is C18H21NO2. The molecule has 0 spiro atoms. The quantitative estimate of drug-likeness (QED) is 0.907. The Morgan fingerprint density at radius 2 is 1.67 bits per heavy atom. The van der Waals surface area contributed by atoms with E-state index < -0.39 is 5.60 Å². The molecule has 0 unspecified atom stereocenters. The molecule has 3 heteroatoms. The van der Waals surface area contributed by atoms with E-state index in [9.17, 15) is 4.79 Å². The number of rotatable bonds is 5. The van der Waals surface area contributed by atoms with Crippen LogP contribution in [0.15, 0.2) is 54.6 Å². The van der Waals surface area contributed by atoms with Gasteiger partial charge >= 0.3 is 0 Å². The standard InChI is InChI=1S/C18H21NO2/c1-18(2,21-3)15-11-7-8-12-16(15)19-17(20)13-14-9-5-4-6-10-14/h4-12H,13H2,1-3H3,(H,19,20). The fourth-order valence-corrected chi connectivity index (χ4v) is 2.20. The summed E-state index contributed by atoms with van der Waals surface area (Å²) in [6, 6.07) is 17.4. The SMILES string of the molecule is COC(C)(C)c1ccccc1NC(=O)Cc1ccccc1. The lowest BCUT2D eigenvalue weighted by Crippen LogP contribution is -2.23. The van der Waals surface area contributed by atoms with Crippen LogP contribution in [0.5, 0.6) is 0 Å². The highest BCUT2D eigenvalue weighted by Gasteiger charge is 2.23. The van der Waals surface area contributed by atoms with Gasteiger partial charge in [-0.15, -0.1) is 0 Å². The summed E-state index contributed by atoms with van der Waals surface area (Å²) in [5.74, 6) is -0.0273. The Morgan fingerprint density at radius 3 is 2.33 bits per heavy atom. The molecule has 1 N–H and O–H groups in total. The number of nitrogens with one attached hydrogen (secondary N) is 1. The van der Waals surface area contributed by atoms with Crippen molar-refractivity contribution in [2.45, 2.75) is 25.9 Å². The first-order chi connectivity index (χ1) is 10.0. The molecule has 0 aromatic heterocycles. The first-order valence-corrected chi connectivity index (χ1v) is 7.01. The number of para-hydroxylation sites is 1. The summed E-state index contributed by atoms with van der Waals surface area (Å²) in [6.07, 6.45) is 0.364. The third-order valence-corrected chi connectivity index (χ3v) is 3.57. The molecule has 0 bridgehead atoms. The molecule has 2 aromatic rings. The predicted molar refractivity (Wildman–Crippen MR) is 85.3 cm³/mol. The van der Waals surface area contributed by atoms with E-state index in [4.69, 9.17) is 4.74 Å². The number of benzene rings is 2. The fourth-order valence-electron chi connectivity index (χ4n) is 2.20. The monoisotopic (exact) mass is 283 g/mol. The fraction of sp³-hybridized carbons (Fsp3) is 0.278. The Kier molecular flexibility index (Phi) is 4.76. The Labute approximate surface area is 126 Å². The highest BCUT2D eigenvalue weighted by molar-refractivity contribution is 5.93. The maximum atomic E-state index is 12.2. The number of carbonyl (C=O) groups is 1. The third-order valence-electron chi connectivity index (χ3n) is 3.57. The number of amides is 1. The lowest BCUT2D eigenvalue weighted by molar-refractivity contribution is -0.115. The van der Waals surface area contributed by atoms with Crippen molar-refractivity contribution in [2.75, 3.05) is 12.4 Å². The smallest absolute Gasteiger partial charge is 0.228 e. The molecule has 0 atom stereocenters. The van der Waals surface area contributed by atoms with Gasteiger partial charge in [-0.1, -0.05) is 48.5 Å². The van der Waals surface area contributed by atoms with Crippen LogP contribution in [0.2, 0.25) is 0 Å². The molecule has 0 aliphatic carbocycles. The maximum absolute atomic E-state index is 12.2. The van der Waals surface area contributed by atoms with Gasteiger partial charge in [-0.05, 0) is 25.5 Å². The van der Waals surface area contributed by atoms with E-state index in [-0.39, 0.29) is 5.91 Å². The number of hydrogen-bond acceptors (Lipinski definition) is 2. The molecule has 0 saturated heterocycles. The number of carbonyl (C=O) groups excluding carboxylic acids is 1. The largest absolute Gasteiger partial charge is 0.374 e. The van der Waals surface area contributed by atoms with Gasteiger partial charge in [-0.3, -0.25) is 4.79 Å². The summed E-state index contributed by atoms with van der Waals surface area (Å²) < 4.78 is 5.51. The van der Waals surface area contributed by atoms with Crippen molar-refractivity contribution in [1.82, 2.24) is 0 Å². The Balaban J connectivity index is 2.15. The molecule has 110 valence electrons. The summed E-state index contributed by atoms with van der Waals surface area (Å²) in [5, 5.41) is 2.98. The second-order valence-electron chi connectivity index (χ2n) is 5.47. The van der Waals surface area contributed by atoms with Crippen LogP contribution in [0.4, 0.5) is 5.69 Å². The topological polar surface area (TPSA) is 38.3 Å². The van der Waals surface area contributed by atoms with E-state index in [0.717, 1.165) is 16.8 Å². The molecule has 3 nitrogen and oxygen atoms in total. The molecule has 0 radical (unpaired) electrons. The van der Waals surface area contributed by atoms with Crippen LogP contribution in [0.3, 0.4) is 0 Å². The van der Waals surface area contributed by atoms with Gasteiger partial charge in [0.1, 0.15) is 0 Å². The van der Waals surface area contributed by atoms with Crippen molar-refractivity contribution in [3.8, 4) is 0 Å². The molecule has 0 aliphatic heterocycles. The molecule has 2 rings (SSSR count). The Morgan fingerprint density at radius 1 is 1.05 bits per heavy atom. The molecule has 0 fully saturated rings. The van der Waals surface area contributed by atoms with Crippen LogP contribution in [-0.4, -0.2) is 13.0 Å². The molecule has 0 saturated carbocycles. The number of ether oxygens (including phenoxy) is 1. The highest BCUT2D eigenvalue weighted by Crippen LogP contribution is 2.30. The highest BCUT2D eigenvalue weighted by atomic mass is 16.5. The van der Waals surface area contributed by atoms with Gasteiger partial charge in [0.25, 0.3) is 0 Å². The molecule has 0 aliphatic rings. The van der Waals surface area contributed by atoms with Gasteiger partial charge in [0.05, 0.1) is 12.0 Å². The van der Waals surface area contributed by atoms with Gasteiger partial charge in [0, 0.05) is 18.4 Å². The predicted octanol–water partition coefficient (Wildman–Crippen LogP) is 3.75. The Bertz CT molecular complexity index is 606. The minimum absolute atomic E-state index is 0.0273. The maximum Gasteiger partial charge on any atom is 0.228 e. The van der Waals surface area contributed by atoms with Crippen molar-refractivity contribution in [1.29, 1.82) is 0 Å². The van der Waals surface area contributed by atoms with E-state index in [0.29, 0.717) is 6.42 Å². The van der Waals surface area contributed by atoms with Crippen molar-refractivity contribution in [3.05, 3.63) is 65.7 Å². The lowest BCUT2D eigenvalue weighted by atomic mass is 9.96. The van der Waals surface area contributed by atoms with E-state index in [2.05, 4.69) is 5.32 Å². The normalized spacial score (nSPS) is 11.2.